The normalized spacial score (nSPS) is 11.9. The van der Waals surface area contributed by atoms with Crippen LogP contribution in [0.1, 0.15) is 42.1 Å². The van der Waals surface area contributed by atoms with E-state index in [2.05, 4.69) is 19.2 Å². The van der Waals surface area contributed by atoms with Crippen LogP contribution in [-0.4, -0.2) is 5.91 Å². The second-order valence-electron chi connectivity index (χ2n) is 4.89. The highest BCUT2D eigenvalue weighted by atomic mass is 19.1. The third-order valence-corrected chi connectivity index (χ3v) is 3.46. The molecule has 1 atom stereocenters. The molecule has 0 bridgehead atoms. The van der Waals surface area contributed by atoms with Gasteiger partial charge in [0.2, 0.25) is 0 Å². The van der Waals surface area contributed by atoms with E-state index in [1.165, 1.54) is 29.8 Å². The van der Waals surface area contributed by atoms with Gasteiger partial charge in [-0.25, -0.2) is 4.39 Å². The Labute approximate surface area is 118 Å². The van der Waals surface area contributed by atoms with Gasteiger partial charge in [0.1, 0.15) is 5.82 Å². The lowest BCUT2D eigenvalue weighted by atomic mass is 9.98. The number of carbonyl (C=O) groups excluding carboxylic acids is 1. The zero-order valence-electron chi connectivity index (χ0n) is 11.7. The van der Waals surface area contributed by atoms with Crippen molar-refractivity contribution in [2.24, 2.45) is 0 Å². The monoisotopic (exact) mass is 271 g/mol. The Morgan fingerprint density at radius 3 is 2.25 bits per heavy atom. The molecule has 104 valence electrons. The van der Waals surface area contributed by atoms with E-state index in [0.29, 0.717) is 11.5 Å². The smallest absolute Gasteiger partial charge is 0.255 e. The highest BCUT2D eigenvalue weighted by Crippen LogP contribution is 2.20. The second kappa shape index (κ2) is 6.33. The Hall–Kier alpha value is -2.16. The van der Waals surface area contributed by atoms with Crippen LogP contribution in [0.15, 0.2) is 48.5 Å². The highest BCUT2D eigenvalue weighted by molar-refractivity contribution is 6.04. The molecule has 0 aliphatic carbocycles. The number of rotatable bonds is 4. The number of amides is 1. The van der Waals surface area contributed by atoms with Gasteiger partial charge in [-0.05, 0) is 54.3 Å². The van der Waals surface area contributed by atoms with Crippen molar-refractivity contribution in [1.29, 1.82) is 0 Å². The van der Waals surface area contributed by atoms with E-state index in [9.17, 15) is 9.18 Å². The fraction of sp³-hybridized carbons (Fsp3) is 0.235. The standard InChI is InChI=1S/C17H18FNO/c1-3-12(2)13-6-10-16(11-7-13)19-17(20)14-4-8-15(18)9-5-14/h4-12H,3H2,1-2H3,(H,19,20)/t12-/m1/s1. The lowest BCUT2D eigenvalue weighted by Crippen LogP contribution is -2.11. The molecule has 0 fully saturated rings. The van der Waals surface area contributed by atoms with Crippen molar-refractivity contribution in [3.8, 4) is 0 Å². The predicted molar refractivity (Wildman–Crippen MR) is 79.5 cm³/mol. The van der Waals surface area contributed by atoms with Crippen LogP contribution in [-0.2, 0) is 0 Å². The van der Waals surface area contributed by atoms with E-state index in [-0.39, 0.29) is 11.7 Å². The van der Waals surface area contributed by atoms with Gasteiger partial charge in [-0.2, -0.15) is 0 Å². The van der Waals surface area contributed by atoms with E-state index < -0.39 is 0 Å². The Balaban J connectivity index is 2.06. The SMILES string of the molecule is CC[C@@H](C)c1ccc(NC(=O)c2ccc(F)cc2)cc1. The first kappa shape index (κ1) is 14.3. The number of halogens is 1. The van der Waals surface area contributed by atoms with Crippen LogP contribution >= 0.6 is 0 Å². The van der Waals surface area contributed by atoms with Crippen LogP contribution in [0.25, 0.3) is 0 Å². The number of anilines is 1. The fourth-order valence-electron chi connectivity index (χ4n) is 1.94. The maximum atomic E-state index is 12.8. The summed E-state index contributed by atoms with van der Waals surface area (Å²) in [7, 11) is 0. The number of hydrogen-bond donors (Lipinski definition) is 1. The molecule has 2 aromatic rings. The molecule has 0 heterocycles. The minimum Gasteiger partial charge on any atom is -0.322 e. The zero-order valence-corrected chi connectivity index (χ0v) is 11.7. The highest BCUT2D eigenvalue weighted by Gasteiger charge is 2.07. The van der Waals surface area contributed by atoms with Crippen molar-refractivity contribution in [2.75, 3.05) is 5.32 Å². The lowest BCUT2D eigenvalue weighted by molar-refractivity contribution is 0.102. The number of hydrogen-bond acceptors (Lipinski definition) is 1. The van der Waals surface area contributed by atoms with E-state index in [0.717, 1.165) is 12.1 Å². The molecule has 3 heteroatoms. The van der Waals surface area contributed by atoms with Crippen molar-refractivity contribution in [2.45, 2.75) is 26.2 Å². The molecular formula is C17H18FNO. The van der Waals surface area contributed by atoms with Crippen molar-refractivity contribution >= 4 is 11.6 Å². The molecule has 2 nitrogen and oxygen atoms in total. The molecule has 1 amide bonds. The lowest BCUT2D eigenvalue weighted by Gasteiger charge is -2.10. The molecular weight excluding hydrogens is 253 g/mol. The summed E-state index contributed by atoms with van der Waals surface area (Å²) in [5.74, 6) is -0.0717. The maximum absolute atomic E-state index is 12.8. The van der Waals surface area contributed by atoms with Gasteiger partial charge in [-0.3, -0.25) is 4.79 Å². The summed E-state index contributed by atoms with van der Waals surface area (Å²) in [4.78, 5) is 12.0. The minimum absolute atomic E-state index is 0.235. The van der Waals surface area contributed by atoms with Crippen molar-refractivity contribution in [1.82, 2.24) is 0 Å². The summed E-state index contributed by atoms with van der Waals surface area (Å²) in [6, 6.07) is 13.3. The van der Waals surface area contributed by atoms with Gasteiger partial charge in [0, 0.05) is 11.3 Å². The summed E-state index contributed by atoms with van der Waals surface area (Å²) < 4.78 is 12.8. The number of carbonyl (C=O) groups is 1. The van der Waals surface area contributed by atoms with Gasteiger partial charge in [-0.1, -0.05) is 26.0 Å². The van der Waals surface area contributed by atoms with Gasteiger partial charge in [0.05, 0.1) is 0 Å². The van der Waals surface area contributed by atoms with E-state index >= 15 is 0 Å². The molecule has 2 rings (SSSR count). The average molecular weight is 271 g/mol. The Morgan fingerprint density at radius 1 is 1.10 bits per heavy atom. The molecule has 0 aromatic heterocycles. The molecule has 0 aliphatic rings. The quantitative estimate of drug-likeness (QED) is 0.865. The van der Waals surface area contributed by atoms with Gasteiger partial charge in [0.25, 0.3) is 5.91 Å². The molecule has 0 aliphatic heterocycles. The third kappa shape index (κ3) is 3.44. The third-order valence-electron chi connectivity index (χ3n) is 3.46. The first-order valence-electron chi connectivity index (χ1n) is 6.77. The zero-order chi connectivity index (χ0) is 14.5. The summed E-state index contributed by atoms with van der Waals surface area (Å²) >= 11 is 0. The summed E-state index contributed by atoms with van der Waals surface area (Å²) in [5, 5.41) is 2.80. The van der Waals surface area contributed by atoms with E-state index in [1.807, 2.05) is 24.3 Å². The van der Waals surface area contributed by atoms with Crippen molar-refractivity contribution < 1.29 is 9.18 Å². The fourth-order valence-corrected chi connectivity index (χ4v) is 1.94. The summed E-state index contributed by atoms with van der Waals surface area (Å²) in [6.45, 7) is 4.32. The minimum atomic E-state index is -0.348. The molecule has 0 unspecified atom stereocenters. The van der Waals surface area contributed by atoms with Crippen molar-refractivity contribution in [3.63, 3.8) is 0 Å². The summed E-state index contributed by atoms with van der Waals surface area (Å²) in [6.07, 6.45) is 1.08. The van der Waals surface area contributed by atoms with E-state index in [4.69, 9.17) is 0 Å². The van der Waals surface area contributed by atoms with Crippen LogP contribution in [0.5, 0.6) is 0 Å². The maximum Gasteiger partial charge on any atom is 0.255 e. The predicted octanol–water partition coefficient (Wildman–Crippen LogP) is 4.59. The first-order valence-corrected chi connectivity index (χ1v) is 6.77. The van der Waals surface area contributed by atoms with Crippen LogP contribution < -0.4 is 5.32 Å². The first-order chi connectivity index (χ1) is 9.60. The molecule has 1 N–H and O–H groups in total. The van der Waals surface area contributed by atoms with E-state index in [1.54, 1.807) is 0 Å². The molecule has 0 radical (unpaired) electrons. The largest absolute Gasteiger partial charge is 0.322 e. The molecule has 0 saturated heterocycles. The van der Waals surface area contributed by atoms with Gasteiger partial charge in [0.15, 0.2) is 0 Å². The summed E-state index contributed by atoms with van der Waals surface area (Å²) in [5.41, 5.74) is 2.44. The van der Waals surface area contributed by atoms with Gasteiger partial charge in [-0.15, -0.1) is 0 Å². The molecule has 2 aromatic carbocycles. The topological polar surface area (TPSA) is 29.1 Å². The second-order valence-corrected chi connectivity index (χ2v) is 4.89. The van der Waals surface area contributed by atoms with Crippen LogP contribution in [0.2, 0.25) is 0 Å². The van der Waals surface area contributed by atoms with Gasteiger partial charge >= 0.3 is 0 Å². The molecule has 0 spiro atoms. The number of benzene rings is 2. The van der Waals surface area contributed by atoms with Crippen molar-refractivity contribution in [3.05, 3.63) is 65.5 Å². The molecule has 20 heavy (non-hydrogen) atoms. The van der Waals surface area contributed by atoms with Crippen LogP contribution in [0, 0.1) is 5.82 Å². The Kier molecular flexibility index (Phi) is 4.51. The molecule has 0 saturated carbocycles. The van der Waals surface area contributed by atoms with Crippen LogP contribution in [0.3, 0.4) is 0 Å². The van der Waals surface area contributed by atoms with Crippen LogP contribution in [0.4, 0.5) is 10.1 Å². The van der Waals surface area contributed by atoms with Gasteiger partial charge < -0.3 is 5.32 Å². The average Bonchev–Trinajstić information content (AvgIpc) is 2.48. The number of nitrogens with one attached hydrogen (secondary N) is 1. The Morgan fingerprint density at radius 2 is 1.70 bits per heavy atom. The Bertz CT molecular complexity index is 575.